The summed E-state index contributed by atoms with van der Waals surface area (Å²) in [6, 6.07) is 14.2. The fourth-order valence-electron chi connectivity index (χ4n) is 2.55. The maximum absolute atomic E-state index is 12.2. The van der Waals surface area contributed by atoms with Crippen LogP contribution < -0.4 is 5.32 Å². The summed E-state index contributed by atoms with van der Waals surface area (Å²) in [6.07, 6.45) is 3.40. The first-order valence-corrected chi connectivity index (χ1v) is 10.1. The molecule has 0 aliphatic heterocycles. The molecule has 0 saturated heterocycles. The normalized spacial score (nSPS) is 10.8. The average Bonchev–Trinajstić information content (AvgIpc) is 3.44. The predicted octanol–water partition coefficient (Wildman–Crippen LogP) is 5.17. The molecule has 146 valence electrons. The number of aromatic nitrogens is 3. The largest absolute Gasteiger partial charge is 0.463 e. The van der Waals surface area contributed by atoms with Crippen molar-refractivity contribution in [1.29, 1.82) is 0 Å². The predicted molar refractivity (Wildman–Crippen MR) is 111 cm³/mol. The van der Waals surface area contributed by atoms with Crippen molar-refractivity contribution in [2.45, 2.75) is 11.6 Å². The van der Waals surface area contributed by atoms with Crippen molar-refractivity contribution >= 4 is 35.0 Å². The SMILES string of the molecule is O=C(CCSc1nnc(-c2ccco2)c(-c2ccco2)n1)Nc1ccccc1Cl. The van der Waals surface area contributed by atoms with E-state index in [-0.39, 0.29) is 12.3 Å². The van der Waals surface area contributed by atoms with Gasteiger partial charge in [0, 0.05) is 12.2 Å². The molecule has 0 bridgehead atoms. The number of hydrogen-bond donors (Lipinski definition) is 1. The lowest BCUT2D eigenvalue weighted by atomic mass is 10.2. The molecule has 0 saturated carbocycles. The number of para-hydroxylation sites is 1. The van der Waals surface area contributed by atoms with Crippen LogP contribution in [0.25, 0.3) is 22.9 Å². The quantitative estimate of drug-likeness (QED) is 0.407. The Hall–Kier alpha value is -3.10. The summed E-state index contributed by atoms with van der Waals surface area (Å²) in [5.74, 6) is 1.45. The van der Waals surface area contributed by atoms with Gasteiger partial charge in [-0.05, 0) is 36.4 Å². The zero-order valence-electron chi connectivity index (χ0n) is 15.0. The second-order valence-corrected chi connectivity index (χ2v) is 7.34. The third kappa shape index (κ3) is 4.67. The van der Waals surface area contributed by atoms with E-state index in [4.69, 9.17) is 20.4 Å². The van der Waals surface area contributed by atoms with Gasteiger partial charge in [-0.1, -0.05) is 35.5 Å². The number of furan rings is 2. The van der Waals surface area contributed by atoms with Gasteiger partial charge in [-0.2, -0.15) is 0 Å². The summed E-state index contributed by atoms with van der Waals surface area (Å²) in [7, 11) is 0. The summed E-state index contributed by atoms with van der Waals surface area (Å²) in [4.78, 5) is 16.7. The van der Waals surface area contributed by atoms with E-state index in [1.165, 1.54) is 11.8 Å². The van der Waals surface area contributed by atoms with Crippen LogP contribution in [0.4, 0.5) is 5.69 Å². The molecule has 0 aliphatic rings. The topological polar surface area (TPSA) is 94.0 Å². The molecular formula is C20H15ClN4O3S. The highest BCUT2D eigenvalue weighted by Crippen LogP contribution is 2.30. The van der Waals surface area contributed by atoms with Crippen molar-refractivity contribution in [2.24, 2.45) is 0 Å². The Morgan fingerprint density at radius 2 is 1.69 bits per heavy atom. The number of nitrogens with one attached hydrogen (secondary N) is 1. The van der Waals surface area contributed by atoms with Gasteiger partial charge in [0.1, 0.15) is 5.69 Å². The second kappa shape index (κ2) is 8.93. The van der Waals surface area contributed by atoms with Gasteiger partial charge in [0.15, 0.2) is 17.2 Å². The Labute approximate surface area is 175 Å². The number of anilines is 1. The number of carbonyl (C=O) groups is 1. The Balaban J connectivity index is 1.43. The molecule has 1 amide bonds. The van der Waals surface area contributed by atoms with Crippen LogP contribution in [0, 0.1) is 0 Å². The fourth-order valence-corrected chi connectivity index (χ4v) is 3.45. The van der Waals surface area contributed by atoms with Crippen LogP contribution in [0.1, 0.15) is 6.42 Å². The summed E-state index contributed by atoms with van der Waals surface area (Å²) >= 11 is 7.39. The number of carbonyl (C=O) groups excluding carboxylic acids is 1. The van der Waals surface area contributed by atoms with Gasteiger partial charge in [-0.15, -0.1) is 10.2 Å². The van der Waals surface area contributed by atoms with Crippen LogP contribution in [-0.2, 0) is 4.79 Å². The number of thioether (sulfide) groups is 1. The van der Waals surface area contributed by atoms with Crippen LogP contribution in [0.3, 0.4) is 0 Å². The van der Waals surface area contributed by atoms with Crippen molar-refractivity contribution in [1.82, 2.24) is 15.2 Å². The monoisotopic (exact) mass is 426 g/mol. The summed E-state index contributed by atoms with van der Waals surface area (Å²) in [5, 5.41) is 12.1. The van der Waals surface area contributed by atoms with Gasteiger partial charge in [-0.3, -0.25) is 4.79 Å². The van der Waals surface area contributed by atoms with Crippen molar-refractivity contribution in [2.75, 3.05) is 11.1 Å². The third-order valence-corrected chi connectivity index (χ3v) is 5.05. The standard InChI is InChI=1S/C20H15ClN4O3S/c21-13-5-1-2-6-14(13)22-17(26)9-12-29-20-23-18(15-7-3-10-27-15)19(24-25-20)16-8-4-11-28-16/h1-8,10-11H,9,12H2,(H,22,26). The Morgan fingerprint density at radius 1 is 0.966 bits per heavy atom. The highest BCUT2D eigenvalue weighted by Gasteiger charge is 2.18. The number of hydrogen-bond acceptors (Lipinski definition) is 7. The number of halogens is 1. The lowest BCUT2D eigenvalue weighted by Crippen LogP contribution is -2.12. The van der Waals surface area contributed by atoms with E-state index in [1.54, 1.807) is 55.0 Å². The molecule has 0 unspecified atom stereocenters. The Bertz CT molecular complexity index is 1100. The molecule has 0 radical (unpaired) electrons. The molecule has 9 heteroatoms. The molecule has 0 spiro atoms. The minimum absolute atomic E-state index is 0.142. The lowest BCUT2D eigenvalue weighted by Gasteiger charge is -2.07. The van der Waals surface area contributed by atoms with Crippen molar-refractivity contribution in [3.63, 3.8) is 0 Å². The van der Waals surface area contributed by atoms with Gasteiger partial charge >= 0.3 is 0 Å². The van der Waals surface area contributed by atoms with Crippen molar-refractivity contribution in [3.05, 3.63) is 66.1 Å². The first-order chi connectivity index (χ1) is 14.2. The van der Waals surface area contributed by atoms with Gasteiger partial charge in [-0.25, -0.2) is 4.98 Å². The van der Waals surface area contributed by atoms with Crippen LogP contribution in [0.2, 0.25) is 5.02 Å². The molecule has 4 rings (SSSR count). The lowest BCUT2D eigenvalue weighted by molar-refractivity contribution is -0.115. The average molecular weight is 427 g/mol. The first kappa shape index (κ1) is 19.2. The van der Waals surface area contributed by atoms with E-state index in [0.29, 0.717) is 44.5 Å². The first-order valence-electron chi connectivity index (χ1n) is 8.70. The molecule has 3 heterocycles. The minimum atomic E-state index is -0.142. The molecular weight excluding hydrogens is 412 g/mol. The van der Waals surface area contributed by atoms with E-state index >= 15 is 0 Å². The molecule has 7 nitrogen and oxygen atoms in total. The number of nitrogens with zero attached hydrogens (tertiary/aromatic N) is 3. The van der Waals surface area contributed by atoms with Crippen LogP contribution >= 0.6 is 23.4 Å². The minimum Gasteiger partial charge on any atom is -0.463 e. The molecule has 4 aromatic rings. The smallest absolute Gasteiger partial charge is 0.225 e. The maximum Gasteiger partial charge on any atom is 0.225 e. The van der Waals surface area contributed by atoms with E-state index in [1.807, 2.05) is 6.07 Å². The maximum atomic E-state index is 12.2. The highest BCUT2D eigenvalue weighted by molar-refractivity contribution is 7.99. The van der Waals surface area contributed by atoms with E-state index in [0.717, 1.165) is 0 Å². The highest BCUT2D eigenvalue weighted by atomic mass is 35.5. The summed E-state index contributed by atoms with van der Waals surface area (Å²) in [5.41, 5.74) is 1.61. The molecule has 0 atom stereocenters. The number of benzene rings is 1. The van der Waals surface area contributed by atoms with Gasteiger partial charge < -0.3 is 14.2 Å². The summed E-state index contributed by atoms with van der Waals surface area (Å²) < 4.78 is 10.9. The van der Waals surface area contributed by atoms with E-state index in [2.05, 4.69) is 20.5 Å². The Kier molecular flexibility index (Phi) is 5.92. The Morgan fingerprint density at radius 3 is 2.38 bits per heavy atom. The third-order valence-electron chi connectivity index (χ3n) is 3.88. The number of amides is 1. The van der Waals surface area contributed by atoms with E-state index in [9.17, 15) is 4.79 Å². The van der Waals surface area contributed by atoms with Gasteiger partial charge in [0.2, 0.25) is 11.1 Å². The number of rotatable bonds is 7. The summed E-state index contributed by atoms with van der Waals surface area (Å²) in [6.45, 7) is 0. The molecule has 0 fully saturated rings. The van der Waals surface area contributed by atoms with Crippen LogP contribution in [-0.4, -0.2) is 26.8 Å². The van der Waals surface area contributed by atoms with Gasteiger partial charge in [0.25, 0.3) is 0 Å². The van der Waals surface area contributed by atoms with Crippen LogP contribution in [0.15, 0.2) is 75.0 Å². The second-order valence-electron chi connectivity index (χ2n) is 5.87. The molecule has 0 aliphatic carbocycles. The van der Waals surface area contributed by atoms with Gasteiger partial charge in [0.05, 0.1) is 23.2 Å². The molecule has 29 heavy (non-hydrogen) atoms. The van der Waals surface area contributed by atoms with E-state index < -0.39 is 0 Å². The van der Waals surface area contributed by atoms with Crippen molar-refractivity contribution < 1.29 is 13.6 Å². The fraction of sp³-hybridized carbons (Fsp3) is 0.100. The molecule has 1 aromatic carbocycles. The zero-order valence-corrected chi connectivity index (χ0v) is 16.6. The van der Waals surface area contributed by atoms with Crippen molar-refractivity contribution in [3.8, 4) is 22.9 Å². The molecule has 3 aromatic heterocycles. The zero-order chi connectivity index (χ0) is 20.1. The molecule has 1 N–H and O–H groups in total. The van der Waals surface area contributed by atoms with Crippen LogP contribution in [0.5, 0.6) is 0 Å².